The average Bonchev–Trinajstić information content (AvgIpc) is 2.98. The number of fused-ring (bicyclic) bond motifs is 2. The van der Waals surface area contributed by atoms with E-state index >= 15 is 0 Å². The van der Waals surface area contributed by atoms with Crippen LogP contribution in [0.1, 0.15) is 66.2 Å². The number of carbonyl (C=O) groups excluding carboxylic acids is 2. The molecule has 0 saturated carbocycles. The summed E-state index contributed by atoms with van der Waals surface area (Å²) in [6.07, 6.45) is 2.79. The number of hydrogen-bond donors (Lipinski definition) is 0. The highest BCUT2D eigenvalue weighted by atomic mass is 16.6. The molecule has 0 aromatic heterocycles. The van der Waals surface area contributed by atoms with E-state index in [0.29, 0.717) is 50.4 Å². The summed E-state index contributed by atoms with van der Waals surface area (Å²) in [5.41, 5.74) is 0. The Bertz CT molecular complexity index is 1100. The Kier molecular flexibility index (Phi) is 14.4. The van der Waals surface area contributed by atoms with Crippen LogP contribution in [0.5, 0.6) is 11.5 Å². The van der Waals surface area contributed by atoms with Gasteiger partial charge >= 0.3 is 11.9 Å². The van der Waals surface area contributed by atoms with E-state index in [1.165, 1.54) is 0 Å². The van der Waals surface area contributed by atoms with Crippen LogP contribution < -0.4 is 9.47 Å². The fourth-order valence-electron chi connectivity index (χ4n) is 4.56. The summed E-state index contributed by atoms with van der Waals surface area (Å²) < 4.78 is 35.7. The number of rotatable bonds is 20. The highest BCUT2D eigenvalue weighted by Gasteiger charge is 2.22. The third kappa shape index (κ3) is 9.88. The fraction of sp³-hybridized carbons (Fsp3) is 0.529. The molecule has 0 saturated heterocycles. The molecule has 0 fully saturated rings. The zero-order chi connectivity index (χ0) is 30.2. The van der Waals surface area contributed by atoms with Crippen molar-refractivity contribution in [2.75, 3.05) is 39.6 Å². The lowest BCUT2D eigenvalue weighted by Gasteiger charge is -2.23. The molecule has 0 aliphatic heterocycles. The summed E-state index contributed by atoms with van der Waals surface area (Å²) >= 11 is 0. The van der Waals surface area contributed by atoms with E-state index in [4.69, 9.17) is 28.4 Å². The van der Waals surface area contributed by atoms with Crippen LogP contribution in [0.25, 0.3) is 21.5 Å². The number of benzene rings is 3. The molecule has 3 aromatic rings. The first kappa shape index (κ1) is 33.1. The first-order valence-electron chi connectivity index (χ1n) is 15.3. The summed E-state index contributed by atoms with van der Waals surface area (Å²) in [5.74, 6) is 0.833. The Hall–Kier alpha value is -3.36. The van der Waals surface area contributed by atoms with E-state index < -0.39 is 12.2 Å². The molecule has 2 unspecified atom stereocenters. The normalized spacial score (nSPS) is 12.7. The van der Waals surface area contributed by atoms with Crippen molar-refractivity contribution >= 4 is 33.5 Å². The minimum atomic E-state index is -0.536. The second kappa shape index (κ2) is 18.2. The third-order valence-electron chi connectivity index (χ3n) is 6.47. The first-order valence-corrected chi connectivity index (χ1v) is 15.3. The zero-order valence-corrected chi connectivity index (χ0v) is 25.5. The topological polar surface area (TPSA) is 89.5 Å². The number of carbonyl (C=O) groups is 2. The van der Waals surface area contributed by atoms with Crippen molar-refractivity contribution in [2.24, 2.45) is 0 Å². The second-order valence-electron chi connectivity index (χ2n) is 10.2. The van der Waals surface area contributed by atoms with Crippen molar-refractivity contribution in [3.05, 3.63) is 48.5 Å². The van der Waals surface area contributed by atoms with Gasteiger partial charge in [-0.25, -0.2) is 0 Å². The molecule has 3 aromatic carbocycles. The summed E-state index contributed by atoms with van der Waals surface area (Å²) in [6.45, 7) is 9.94. The van der Waals surface area contributed by atoms with Gasteiger partial charge in [0.2, 0.25) is 0 Å². The van der Waals surface area contributed by atoms with Gasteiger partial charge in [0.15, 0.2) is 12.2 Å². The van der Waals surface area contributed by atoms with Crippen molar-refractivity contribution in [1.82, 2.24) is 0 Å². The van der Waals surface area contributed by atoms with Crippen molar-refractivity contribution in [3.8, 4) is 11.5 Å². The maximum atomic E-state index is 12.3. The number of esters is 2. The van der Waals surface area contributed by atoms with E-state index in [-0.39, 0.29) is 38.4 Å². The van der Waals surface area contributed by atoms with E-state index in [9.17, 15) is 9.59 Å². The lowest BCUT2D eigenvalue weighted by Crippen LogP contribution is -2.30. The van der Waals surface area contributed by atoms with Crippen molar-refractivity contribution in [2.45, 2.75) is 78.4 Å². The van der Waals surface area contributed by atoms with E-state index in [0.717, 1.165) is 34.4 Å². The van der Waals surface area contributed by atoms with Crippen molar-refractivity contribution in [1.29, 1.82) is 0 Å². The average molecular weight is 583 g/mol. The Balaban J connectivity index is 1.91. The van der Waals surface area contributed by atoms with E-state index in [1.54, 1.807) is 0 Å². The van der Waals surface area contributed by atoms with Gasteiger partial charge in [0, 0.05) is 47.6 Å². The predicted molar refractivity (Wildman–Crippen MR) is 164 cm³/mol. The Morgan fingerprint density at radius 2 is 0.905 bits per heavy atom. The molecule has 230 valence electrons. The molecule has 0 aliphatic rings. The smallest absolute Gasteiger partial charge is 0.306 e. The van der Waals surface area contributed by atoms with Crippen molar-refractivity contribution < 1.29 is 38.0 Å². The van der Waals surface area contributed by atoms with Gasteiger partial charge in [-0.2, -0.15) is 0 Å². The fourth-order valence-corrected chi connectivity index (χ4v) is 4.56. The molecule has 0 bridgehead atoms. The molecule has 8 nitrogen and oxygen atoms in total. The van der Waals surface area contributed by atoms with E-state index in [1.807, 2.05) is 76.2 Å². The first-order chi connectivity index (χ1) is 20.5. The van der Waals surface area contributed by atoms with Crippen LogP contribution in [0.15, 0.2) is 48.5 Å². The lowest BCUT2D eigenvalue weighted by atomic mass is 10.0. The van der Waals surface area contributed by atoms with Gasteiger partial charge < -0.3 is 28.4 Å². The quantitative estimate of drug-likeness (QED) is 0.0797. The second-order valence-corrected chi connectivity index (χ2v) is 10.2. The van der Waals surface area contributed by atoms with Crippen LogP contribution in [0.4, 0.5) is 0 Å². The van der Waals surface area contributed by atoms with Gasteiger partial charge in [-0.3, -0.25) is 9.59 Å². The van der Waals surface area contributed by atoms with Gasteiger partial charge in [-0.05, 0) is 25.7 Å². The summed E-state index contributed by atoms with van der Waals surface area (Å²) in [4.78, 5) is 24.6. The molecule has 42 heavy (non-hydrogen) atoms. The maximum absolute atomic E-state index is 12.3. The molecule has 8 heteroatoms. The van der Waals surface area contributed by atoms with E-state index in [2.05, 4.69) is 0 Å². The maximum Gasteiger partial charge on any atom is 0.306 e. The van der Waals surface area contributed by atoms with Crippen LogP contribution in [0, 0.1) is 0 Å². The molecule has 2 atom stereocenters. The molecule has 0 amide bonds. The lowest BCUT2D eigenvalue weighted by molar-refractivity contribution is -0.155. The molecule has 3 rings (SSSR count). The van der Waals surface area contributed by atoms with Gasteiger partial charge in [-0.15, -0.1) is 0 Å². The zero-order valence-electron chi connectivity index (χ0n) is 25.5. The predicted octanol–water partition coefficient (Wildman–Crippen LogP) is 7.03. The van der Waals surface area contributed by atoms with Crippen LogP contribution in [0.3, 0.4) is 0 Å². The summed E-state index contributed by atoms with van der Waals surface area (Å²) in [6, 6.07) is 15.7. The van der Waals surface area contributed by atoms with Crippen LogP contribution in [0.2, 0.25) is 0 Å². The standard InChI is InChI=1S/C34H46O8/c1-5-13-31(35)41-25(21-37-19-7-3)23-39-33-27-15-9-11-17-29(27)34(30-18-12-10-16-28(30)33)40-24-26(22-38-20-8-4)42-32(36)14-6-2/h9-12,15-18,25-26H,5-8,13-14,19-24H2,1-4H3. The molecule has 0 heterocycles. The highest BCUT2D eigenvalue weighted by Crippen LogP contribution is 2.42. The highest BCUT2D eigenvalue weighted by molar-refractivity contribution is 6.11. The van der Waals surface area contributed by atoms with Gasteiger partial charge in [0.1, 0.15) is 24.7 Å². The van der Waals surface area contributed by atoms with Crippen LogP contribution in [-0.4, -0.2) is 63.8 Å². The Morgan fingerprint density at radius 1 is 0.548 bits per heavy atom. The number of ether oxygens (including phenoxy) is 6. The summed E-state index contributed by atoms with van der Waals surface area (Å²) in [5, 5.41) is 3.45. The van der Waals surface area contributed by atoms with Gasteiger partial charge in [0.05, 0.1) is 13.2 Å². The van der Waals surface area contributed by atoms with Gasteiger partial charge in [0.25, 0.3) is 0 Å². The molecule has 0 radical (unpaired) electrons. The monoisotopic (exact) mass is 582 g/mol. The number of hydrogen-bond acceptors (Lipinski definition) is 8. The minimum Gasteiger partial charge on any atom is -0.488 e. The molecular weight excluding hydrogens is 536 g/mol. The third-order valence-corrected chi connectivity index (χ3v) is 6.47. The molecule has 0 spiro atoms. The van der Waals surface area contributed by atoms with Crippen LogP contribution >= 0.6 is 0 Å². The van der Waals surface area contributed by atoms with Crippen molar-refractivity contribution in [3.63, 3.8) is 0 Å². The van der Waals surface area contributed by atoms with Gasteiger partial charge in [-0.1, -0.05) is 76.2 Å². The molecular formula is C34H46O8. The molecule has 0 aliphatic carbocycles. The minimum absolute atomic E-state index is 0.150. The Morgan fingerprint density at radius 3 is 1.21 bits per heavy atom. The Labute approximate surface area is 249 Å². The molecule has 0 N–H and O–H groups in total. The largest absolute Gasteiger partial charge is 0.488 e. The van der Waals surface area contributed by atoms with Crippen LogP contribution in [-0.2, 0) is 28.5 Å². The summed E-state index contributed by atoms with van der Waals surface area (Å²) in [7, 11) is 0. The SMILES string of the molecule is CCCOCC(COc1c2ccccc2c(OCC(COCCC)OC(=O)CCC)c2ccccc12)OC(=O)CCC.